The van der Waals surface area contributed by atoms with Crippen molar-refractivity contribution in [2.45, 2.75) is 64.4 Å². The molecule has 0 bridgehead atoms. The van der Waals surface area contributed by atoms with Gasteiger partial charge < -0.3 is 24.8 Å². The Hall–Kier alpha value is -5.44. The minimum atomic E-state index is -1.09. The number of aromatic amines is 1. The molecule has 5 aromatic rings. The second kappa shape index (κ2) is 15.1. The molecule has 282 valence electrons. The molecule has 2 aliphatic rings. The predicted octanol–water partition coefficient (Wildman–Crippen LogP) is 4.79. The minimum absolute atomic E-state index is 0.0239. The fraction of sp³-hybridized carbons (Fsp3) is 0.400. The zero-order valence-corrected chi connectivity index (χ0v) is 31.4. The quantitative estimate of drug-likeness (QED) is 0.163. The summed E-state index contributed by atoms with van der Waals surface area (Å²) < 4.78 is 13.2. The van der Waals surface area contributed by atoms with Crippen LogP contribution in [0.25, 0.3) is 39.1 Å². The van der Waals surface area contributed by atoms with Crippen molar-refractivity contribution >= 4 is 34.0 Å². The van der Waals surface area contributed by atoms with Crippen LogP contribution in [0.15, 0.2) is 73.2 Å². The molecule has 3 aromatic heterocycles. The second-order valence-electron chi connectivity index (χ2n) is 15.0. The van der Waals surface area contributed by atoms with Gasteiger partial charge in [-0.15, -0.1) is 0 Å². The highest BCUT2D eigenvalue weighted by Gasteiger charge is 2.45. The molecule has 1 atom stereocenters. The lowest BCUT2D eigenvalue weighted by atomic mass is 9.98. The van der Waals surface area contributed by atoms with Gasteiger partial charge in [0.2, 0.25) is 11.8 Å². The smallest absolute Gasteiger partial charge is 0.258 e. The summed E-state index contributed by atoms with van der Waals surface area (Å²) in [6.45, 7) is 9.95. The van der Waals surface area contributed by atoms with Gasteiger partial charge in [0, 0.05) is 67.8 Å². The van der Waals surface area contributed by atoms with Crippen LogP contribution >= 0.6 is 0 Å². The van der Waals surface area contributed by atoms with Gasteiger partial charge in [-0.1, -0.05) is 30.3 Å². The van der Waals surface area contributed by atoms with Crippen molar-refractivity contribution in [3.8, 4) is 28.5 Å². The molecule has 2 aliphatic heterocycles. The summed E-state index contributed by atoms with van der Waals surface area (Å²) in [7, 11) is 1.55. The van der Waals surface area contributed by atoms with E-state index in [2.05, 4.69) is 48.8 Å². The van der Waals surface area contributed by atoms with Crippen molar-refractivity contribution in [3.05, 3.63) is 78.8 Å². The van der Waals surface area contributed by atoms with Crippen LogP contribution in [-0.4, -0.2) is 114 Å². The zero-order chi connectivity index (χ0) is 38.0. The van der Waals surface area contributed by atoms with E-state index in [9.17, 15) is 14.7 Å². The Morgan fingerprint density at radius 3 is 2.50 bits per heavy atom. The van der Waals surface area contributed by atoms with Gasteiger partial charge in [-0.2, -0.15) is 10.2 Å². The molecule has 54 heavy (non-hydrogen) atoms. The number of nitrogens with zero attached hydrogens (tertiary/aromatic N) is 7. The molecular weight excluding hydrogens is 686 g/mol. The highest BCUT2D eigenvalue weighted by atomic mass is 16.5. The molecule has 2 amide bonds. The van der Waals surface area contributed by atoms with Gasteiger partial charge in [0.05, 0.1) is 30.3 Å². The molecule has 14 heteroatoms. The Bertz CT molecular complexity index is 2150. The lowest BCUT2D eigenvalue weighted by molar-refractivity contribution is -0.138. The fourth-order valence-electron chi connectivity index (χ4n) is 7.01. The first-order valence-corrected chi connectivity index (χ1v) is 18.3. The summed E-state index contributed by atoms with van der Waals surface area (Å²) in [5.41, 5.74) is 4.21. The number of methoxy groups -OCH3 is 1. The number of fused-ring (bicyclic) bond motifs is 1. The number of amides is 2. The van der Waals surface area contributed by atoms with E-state index >= 15 is 0 Å². The van der Waals surface area contributed by atoms with Crippen LogP contribution < -0.4 is 10.1 Å². The number of carbonyl (C=O) groups excluding carboxylic acids is 2. The summed E-state index contributed by atoms with van der Waals surface area (Å²) >= 11 is 0. The normalized spacial score (nSPS) is 18.0. The molecule has 0 saturated carbocycles. The van der Waals surface area contributed by atoms with E-state index in [1.165, 1.54) is 5.57 Å². The Labute approximate surface area is 314 Å². The maximum Gasteiger partial charge on any atom is 0.258 e. The predicted molar refractivity (Wildman–Crippen MR) is 205 cm³/mol. The third-order valence-electron chi connectivity index (χ3n) is 9.82. The fourth-order valence-corrected chi connectivity index (χ4v) is 7.01. The van der Waals surface area contributed by atoms with Gasteiger partial charge in [-0.3, -0.25) is 19.6 Å². The summed E-state index contributed by atoms with van der Waals surface area (Å²) in [5, 5.41) is 26.0. The lowest BCUT2D eigenvalue weighted by Gasteiger charge is -2.30. The third kappa shape index (κ3) is 8.20. The van der Waals surface area contributed by atoms with Gasteiger partial charge in [0.25, 0.3) is 5.91 Å². The van der Waals surface area contributed by atoms with Gasteiger partial charge in [-0.25, -0.2) is 14.6 Å². The van der Waals surface area contributed by atoms with Crippen molar-refractivity contribution in [1.29, 1.82) is 0 Å². The molecular formula is C40H47N9O5. The average Bonchev–Trinajstić information content (AvgIpc) is 3.90. The topological polar surface area (TPSA) is 164 Å². The first kappa shape index (κ1) is 36.9. The average molecular weight is 734 g/mol. The van der Waals surface area contributed by atoms with Gasteiger partial charge in [-0.05, 0) is 75.9 Å². The van der Waals surface area contributed by atoms with Crippen LogP contribution in [0.4, 0.5) is 5.69 Å². The molecule has 1 saturated heterocycles. The molecule has 14 nitrogen and oxygen atoms in total. The number of pyridine rings is 1. The van der Waals surface area contributed by atoms with Crippen molar-refractivity contribution in [2.24, 2.45) is 0 Å². The molecule has 7 rings (SSSR count). The molecule has 1 unspecified atom stereocenters. The number of ether oxygens (including phenoxy) is 2. The molecule has 0 aliphatic carbocycles. The SMILES string of the molecule is COC1(C(=O)Nc2ccc3[nH]nc(-c4ccc(OC(C)C)nc4)c3c2)CCN(CC(=O)N2CC=C(c3ccc(-c4ncn(CC(C)(C)O)n4)cc3)CC2)C1. The summed E-state index contributed by atoms with van der Waals surface area (Å²) in [6.07, 6.45) is 6.70. The number of rotatable bonds is 12. The molecule has 2 aromatic carbocycles. The van der Waals surface area contributed by atoms with E-state index in [0.29, 0.717) is 56.5 Å². The highest BCUT2D eigenvalue weighted by Crippen LogP contribution is 2.32. The molecule has 1 fully saturated rings. The number of aliphatic hydroxyl groups is 1. The van der Waals surface area contributed by atoms with Crippen molar-refractivity contribution < 1.29 is 24.2 Å². The van der Waals surface area contributed by atoms with Crippen molar-refractivity contribution in [2.75, 3.05) is 45.2 Å². The minimum Gasteiger partial charge on any atom is -0.475 e. The van der Waals surface area contributed by atoms with Crippen LogP contribution in [0.3, 0.4) is 0 Å². The molecule has 3 N–H and O–H groups in total. The molecule has 0 radical (unpaired) electrons. The second-order valence-corrected chi connectivity index (χ2v) is 15.0. The Morgan fingerprint density at radius 2 is 1.81 bits per heavy atom. The van der Waals surface area contributed by atoms with Crippen molar-refractivity contribution in [1.82, 2.24) is 39.7 Å². The first-order chi connectivity index (χ1) is 25.9. The summed E-state index contributed by atoms with van der Waals surface area (Å²) in [6, 6.07) is 17.4. The Kier molecular flexibility index (Phi) is 10.3. The zero-order valence-electron chi connectivity index (χ0n) is 31.4. The summed E-state index contributed by atoms with van der Waals surface area (Å²) in [4.78, 5) is 39.8. The number of benzene rings is 2. The van der Waals surface area contributed by atoms with Crippen LogP contribution in [0.5, 0.6) is 5.88 Å². The van der Waals surface area contributed by atoms with Crippen molar-refractivity contribution in [3.63, 3.8) is 0 Å². The van der Waals surface area contributed by atoms with E-state index < -0.39 is 11.2 Å². The maximum absolute atomic E-state index is 13.7. The summed E-state index contributed by atoms with van der Waals surface area (Å²) in [5.74, 6) is 0.922. The number of H-pyrrole nitrogens is 1. The highest BCUT2D eigenvalue weighted by molar-refractivity contribution is 6.01. The lowest BCUT2D eigenvalue weighted by Crippen LogP contribution is -2.48. The van der Waals surface area contributed by atoms with Gasteiger partial charge in [0.1, 0.15) is 12.0 Å². The van der Waals surface area contributed by atoms with Crippen LogP contribution in [0, 0.1) is 0 Å². The van der Waals surface area contributed by atoms with E-state index in [1.54, 1.807) is 38.2 Å². The number of hydrogen-bond acceptors (Lipinski definition) is 10. The van der Waals surface area contributed by atoms with E-state index in [0.717, 1.165) is 39.7 Å². The monoisotopic (exact) mass is 733 g/mol. The number of nitrogens with one attached hydrogen (secondary N) is 2. The standard InChI is InChI=1S/C40H47N9O5/c1-26(2)54-34-13-10-30(21-41-34)36-32-20-31(11-12-33(32)44-45-36)43-38(51)40(53-5)16-19-47(24-40)22-35(50)48-17-14-28(15-18-48)27-6-8-29(9-7-27)37-42-25-49(46-37)23-39(3,4)52/h6-14,20-21,25-26,52H,15-19,22-24H2,1-5H3,(H,43,51)(H,44,45). The van der Waals surface area contributed by atoms with E-state index in [-0.39, 0.29) is 24.5 Å². The van der Waals surface area contributed by atoms with Crippen LogP contribution in [-0.2, 0) is 20.9 Å². The van der Waals surface area contributed by atoms with Gasteiger partial charge >= 0.3 is 0 Å². The molecule has 0 spiro atoms. The number of aromatic nitrogens is 6. The maximum atomic E-state index is 13.7. The van der Waals surface area contributed by atoms with Gasteiger partial charge in [0.15, 0.2) is 11.4 Å². The Balaban J connectivity index is 0.936. The number of hydrogen-bond donors (Lipinski definition) is 3. The first-order valence-electron chi connectivity index (χ1n) is 18.3. The number of anilines is 1. The van der Waals surface area contributed by atoms with E-state index in [4.69, 9.17) is 9.47 Å². The van der Waals surface area contributed by atoms with Crippen LogP contribution in [0.2, 0.25) is 0 Å². The number of carbonyl (C=O) groups is 2. The third-order valence-corrected chi connectivity index (χ3v) is 9.82. The molecule has 5 heterocycles. The largest absolute Gasteiger partial charge is 0.475 e. The van der Waals surface area contributed by atoms with E-state index in [1.807, 2.05) is 66.1 Å². The van der Waals surface area contributed by atoms with Crippen LogP contribution in [0.1, 0.15) is 46.1 Å². The number of likely N-dealkylation sites (tertiary alicyclic amines) is 1. The Morgan fingerprint density at radius 1 is 1.04 bits per heavy atom.